The topological polar surface area (TPSA) is 75.5 Å². The SMILES string of the molecule is O=c1[nH]c2ccc(C(O)CCC3CCCCO3)cc2o1. The van der Waals surface area contributed by atoms with Gasteiger partial charge in [0, 0.05) is 6.61 Å². The molecule has 5 heteroatoms. The minimum absolute atomic E-state index is 0.271. The lowest BCUT2D eigenvalue weighted by Gasteiger charge is -2.23. The van der Waals surface area contributed by atoms with E-state index in [9.17, 15) is 9.90 Å². The molecule has 1 aliphatic heterocycles. The summed E-state index contributed by atoms with van der Waals surface area (Å²) in [6.07, 6.45) is 4.67. The molecule has 1 fully saturated rings. The number of aliphatic hydroxyl groups excluding tert-OH is 1. The van der Waals surface area contributed by atoms with Crippen molar-refractivity contribution in [3.05, 3.63) is 34.3 Å². The normalized spacial score (nSPS) is 21.1. The highest BCUT2D eigenvalue weighted by atomic mass is 16.5. The molecule has 0 saturated carbocycles. The first-order valence-corrected chi connectivity index (χ1v) is 7.15. The number of benzene rings is 1. The summed E-state index contributed by atoms with van der Waals surface area (Å²) >= 11 is 0. The molecule has 0 amide bonds. The summed E-state index contributed by atoms with van der Waals surface area (Å²) in [5.41, 5.74) is 1.91. The average molecular weight is 277 g/mol. The van der Waals surface area contributed by atoms with Crippen molar-refractivity contribution in [2.75, 3.05) is 6.61 Å². The molecule has 2 unspecified atom stereocenters. The lowest BCUT2D eigenvalue weighted by atomic mass is 9.99. The summed E-state index contributed by atoms with van der Waals surface area (Å²) < 4.78 is 10.7. The Balaban J connectivity index is 1.65. The maximum absolute atomic E-state index is 11.1. The van der Waals surface area contributed by atoms with Crippen LogP contribution < -0.4 is 5.76 Å². The van der Waals surface area contributed by atoms with E-state index in [-0.39, 0.29) is 6.10 Å². The second-order valence-electron chi connectivity index (χ2n) is 5.35. The van der Waals surface area contributed by atoms with Crippen LogP contribution in [0.1, 0.15) is 43.8 Å². The Labute approximate surface area is 116 Å². The van der Waals surface area contributed by atoms with E-state index in [2.05, 4.69) is 4.98 Å². The van der Waals surface area contributed by atoms with E-state index in [1.807, 2.05) is 6.07 Å². The molecular weight excluding hydrogens is 258 g/mol. The molecule has 5 nitrogen and oxygen atoms in total. The smallest absolute Gasteiger partial charge is 0.408 e. The molecule has 2 N–H and O–H groups in total. The van der Waals surface area contributed by atoms with Gasteiger partial charge in [-0.05, 0) is 49.8 Å². The van der Waals surface area contributed by atoms with Gasteiger partial charge in [-0.25, -0.2) is 4.79 Å². The fraction of sp³-hybridized carbons (Fsp3) is 0.533. The Bertz CT molecular complexity index is 624. The Hall–Kier alpha value is -1.59. The number of nitrogens with one attached hydrogen (secondary N) is 1. The largest absolute Gasteiger partial charge is 0.417 e. The zero-order valence-electron chi connectivity index (χ0n) is 11.3. The van der Waals surface area contributed by atoms with E-state index >= 15 is 0 Å². The standard InChI is InChI=1S/C15H19NO4/c17-13(7-5-11-3-1-2-8-19-11)10-4-6-12-14(9-10)20-15(18)16-12/h4,6,9,11,13,17H,1-3,5,7-8H2,(H,16,18). The summed E-state index contributed by atoms with van der Waals surface area (Å²) in [4.78, 5) is 13.7. The molecule has 2 aromatic rings. The third-order valence-electron chi connectivity index (χ3n) is 3.87. The Morgan fingerprint density at radius 1 is 1.40 bits per heavy atom. The van der Waals surface area contributed by atoms with E-state index in [4.69, 9.17) is 9.15 Å². The van der Waals surface area contributed by atoms with Gasteiger partial charge in [-0.3, -0.25) is 4.98 Å². The van der Waals surface area contributed by atoms with E-state index in [1.165, 1.54) is 6.42 Å². The predicted octanol–water partition coefficient (Wildman–Crippen LogP) is 2.50. The molecule has 108 valence electrons. The summed E-state index contributed by atoms with van der Waals surface area (Å²) in [5, 5.41) is 10.2. The van der Waals surface area contributed by atoms with Gasteiger partial charge < -0.3 is 14.3 Å². The first-order valence-electron chi connectivity index (χ1n) is 7.15. The maximum Gasteiger partial charge on any atom is 0.417 e. The molecule has 2 atom stereocenters. The minimum atomic E-state index is -0.551. The molecule has 0 radical (unpaired) electrons. The van der Waals surface area contributed by atoms with Gasteiger partial charge in [0.2, 0.25) is 0 Å². The number of aliphatic hydroxyl groups is 1. The van der Waals surface area contributed by atoms with Crippen LogP contribution >= 0.6 is 0 Å². The number of aromatic amines is 1. The molecule has 1 aliphatic rings. The molecule has 0 bridgehead atoms. The second-order valence-corrected chi connectivity index (χ2v) is 5.35. The van der Waals surface area contributed by atoms with E-state index < -0.39 is 11.9 Å². The Morgan fingerprint density at radius 3 is 3.10 bits per heavy atom. The molecule has 1 aromatic carbocycles. The number of oxazole rings is 1. The zero-order chi connectivity index (χ0) is 13.9. The molecule has 0 spiro atoms. The summed E-state index contributed by atoms with van der Waals surface area (Å²) in [5.74, 6) is -0.470. The van der Waals surface area contributed by atoms with Gasteiger partial charge in [0.05, 0.1) is 17.7 Å². The fourth-order valence-corrected chi connectivity index (χ4v) is 2.71. The van der Waals surface area contributed by atoms with Crippen LogP contribution in [0.2, 0.25) is 0 Å². The Morgan fingerprint density at radius 2 is 2.30 bits per heavy atom. The Kier molecular flexibility index (Phi) is 3.89. The van der Waals surface area contributed by atoms with Crippen molar-refractivity contribution in [2.24, 2.45) is 0 Å². The number of rotatable bonds is 4. The van der Waals surface area contributed by atoms with Crippen molar-refractivity contribution < 1.29 is 14.3 Å². The predicted molar refractivity (Wildman–Crippen MR) is 74.6 cm³/mol. The lowest BCUT2D eigenvalue weighted by Crippen LogP contribution is -2.19. The number of H-pyrrole nitrogens is 1. The summed E-state index contributed by atoms with van der Waals surface area (Å²) in [6, 6.07) is 5.30. The second kappa shape index (κ2) is 5.81. The molecular formula is C15H19NO4. The van der Waals surface area contributed by atoms with Gasteiger partial charge >= 0.3 is 5.76 Å². The summed E-state index contributed by atoms with van der Waals surface area (Å²) in [6.45, 7) is 0.835. The van der Waals surface area contributed by atoms with Crippen LogP contribution in [0.3, 0.4) is 0 Å². The molecule has 1 aromatic heterocycles. The first-order chi connectivity index (χ1) is 9.72. The van der Waals surface area contributed by atoms with Crippen LogP contribution in [0, 0.1) is 0 Å². The van der Waals surface area contributed by atoms with Gasteiger partial charge in [-0.15, -0.1) is 0 Å². The molecule has 0 aliphatic carbocycles. The molecule has 1 saturated heterocycles. The van der Waals surface area contributed by atoms with Crippen LogP contribution in [0.25, 0.3) is 11.1 Å². The summed E-state index contributed by atoms with van der Waals surface area (Å²) in [7, 11) is 0. The number of hydrogen-bond donors (Lipinski definition) is 2. The molecule has 3 rings (SSSR count). The third kappa shape index (κ3) is 2.94. The van der Waals surface area contributed by atoms with Crippen molar-refractivity contribution in [1.29, 1.82) is 0 Å². The molecule has 2 heterocycles. The van der Waals surface area contributed by atoms with Crippen LogP contribution in [0.5, 0.6) is 0 Å². The van der Waals surface area contributed by atoms with Crippen molar-refractivity contribution >= 4 is 11.1 Å². The van der Waals surface area contributed by atoms with Crippen LogP contribution in [-0.4, -0.2) is 22.8 Å². The highest BCUT2D eigenvalue weighted by Gasteiger charge is 2.17. The van der Waals surface area contributed by atoms with Gasteiger partial charge in [-0.2, -0.15) is 0 Å². The highest BCUT2D eigenvalue weighted by molar-refractivity contribution is 5.72. The highest BCUT2D eigenvalue weighted by Crippen LogP contribution is 2.25. The number of fused-ring (bicyclic) bond motifs is 1. The number of ether oxygens (including phenoxy) is 1. The van der Waals surface area contributed by atoms with Crippen molar-refractivity contribution in [3.8, 4) is 0 Å². The fourth-order valence-electron chi connectivity index (χ4n) is 2.71. The molecule has 20 heavy (non-hydrogen) atoms. The van der Waals surface area contributed by atoms with E-state index in [0.717, 1.165) is 31.4 Å². The third-order valence-corrected chi connectivity index (χ3v) is 3.87. The van der Waals surface area contributed by atoms with Gasteiger partial charge in [0.1, 0.15) is 0 Å². The van der Waals surface area contributed by atoms with E-state index in [1.54, 1.807) is 12.1 Å². The number of hydrogen-bond acceptors (Lipinski definition) is 4. The van der Waals surface area contributed by atoms with Crippen LogP contribution in [0.4, 0.5) is 0 Å². The average Bonchev–Trinajstić information content (AvgIpc) is 2.85. The first kappa shape index (κ1) is 13.4. The van der Waals surface area contributed by atoms with Crippen LogP contribution in [-0.2, 0) is 4.74 Å². The van der Waals surface area contributed by atoms with E-state index in [0.29, 0.717) is 17.5 Å². The van der Waals surface area contributed by atoms with Gasteiger partial charge in [0.25, 0.3) is 0 Å². The van der Waals surface area contributed by atoms with Gasteiger partial charge in [0.15, 0.2) is 5.58 Å². The van der Waals surface area contributed by atoms with Crippen molar-refractivity contribution in [3.63, 3.8) is 0 Å². The van der Waals surface area contributed by atoms with Crippen molar-refractivity contribution in [2.45, 2.75) is 44.3 Å². The maximum atomic E-state index is 11.1. The van der Waals surface area contributed by atoms with Gasteiger partial charge in [-0.1, -0.05) is 6.07 Å². The van der Waals surface area contributed by atoms with Crippen LogP contribution in [0.15, 0.2) is 27.4 Å². The minimum Gasteiger partial charge on any atom is -0.408 e. The quantitative estimate of drug-likeness (QED) is 0.900. The monoisotopic (exact) mass is 277 g/mol. The zero-order valence-corrected chi connectivity index (χ0v) is 11.3. The number of aromatic nitrogens is 1. The lowest BCUT2D eigenvalue weighted by molar-refractivity contribution is 0.00213. The van der Waals surface area contributed by atoms with Crippen molar-refractivity contribution in [1.82, 2.24) is 4.98 Å².